The van der Waals surface area contributed by atoms with Crippen LogP contribution in [0.4, 0.5) is 0 Å². The summed E-state index contributed by atoms with van der Waals surface area (Å²) < 4.78 is 1.94. The lowest BCUT2D eigenvalue weighted by Crippen LogP contribution is -2.39. The molecule has 24 heavy (non-hydrogen) atoms. The molecule has 0 saturated carbocycles. The average Bonchev–Trinajstić information content (AvgIpc) is 3.27. The standard InChI is InChI=1S/C17H25N5OS/c1-13(2)21(9-6-16-19-8-11-24-16)17(23)15-5-10-22(20-15)14-4-3-7-18-12-14/h5,8,10-11,13-14,18H,3-4,6-7,9,12H2,1-2H3. The van der Waals surface area contributed by atoms with Crippen molar-refractivity contribution in [1.82, 2.24) is 25.0 Å². The summed E-state index contributed by atoms with van der Waals surface area (Å²) in [6, 6.07) is 2.33. The molecule has 0 aliphatic carbocycles. The number of hydrogen-bond donors (Lipinski definition) is 1. The fourth-order valence-corrected chi connectivity index (χ4v) is 3.66. The second-order valence-electron chi connectivity index (χ2n) is 6.45. The largest absolute Gasteiger partial charge is 0.334 e. The van der Waals surface area contributed by atoms with E-state index < -0.39 is 0 Å². The van der Waals surface area contributed by atoms with Crippen LogP contribution in [0.5, 0.6) is 0 Å². The number of nitrogens with one attached hydrogen (secondary N) is 1. The van der Waals surface area contributed by atoms with Crippen LogP contribution >= 0.6 is 11.3 Å². The molecule has 0 spiro atoms. The Balaban J connectivity index is 1.66. The molecule has 1 aliphatic heterocycles. The van der Waals surface area contributed by atoms with Gasteiger partial charge >= 0.3 is 0 Å². The molecule has 130 valence electrons. The molecular formula is C17H25N5OS. The zero-order valence-electron chi connectivity index (χ0n) is 14.3. The van der Waals surface area contributed by atoms with Crippen molar-refractivity contribution in [2.24, 2.45) is 0 Å². The van der Waals surface area contributed by atoms with Crippen LogP contribution in [0.25, 0.3) is 0 Å². The molecule has 2 aromatic heterocycles. The second-order valence-corrected chi connectivity index (χ2v) is 7.43. The Morgan fingerprint density at radius 1 is 1.54 bits per heavy atom. The summed E-state index contributed by atoms with van der Waals surface area (Å²) in [5.74, 6) is 0.00377. The summed E-state index contributed by atoms with van der Waals surface area (Å²) in [7, 11) is 0. The number of rotatable bonds is 6. The number of carbonyl (C=O) groups excluding carboxylic acids is 1. The molecule has 3 heterocycles. The maximum atomic E-state index is 12.9. The molecule has 1 fully saturated rings. The first kappa shape index (κ1) is 17.1. The summed E-state index contributed by atoms with van der Waals surface area (Å²) in [6.45, 7) is 6.75. The van der Waals surface area contributed by atoms with E-state index in [1.54, 1.807) is 17.5 Å². The molecule has 1 aliphatic rings. The zero-order chi connectivity index (χ0) is 16.9. The van der Waals surface area contributed by atoms with Gasteiger partial charge in [-0.2, -0.15) is 5.10 Å². The number of piperidine rings is 1. The smallest absolute Gasteiger partial charge is 0.274 e. The molecule has 0 aromatic carbocycles. The van der Waals surface area contributed by atoms with Gasteiger partial charge in [-0.05, 0) is 39.3 Å². The first-order valence-electron chi connectivity index (χ1n) is 8.60. The molecule has 1 unspecified atom stereocenters. The Morgan fingerprint density at radius 2 is 2.42 bits per heavy atom. The van der Waals surface area contributed by atoms with Crippen LogP contribution < -0.4 is 5.32 Å². The van der Waals surface area contributed by atoms with Gasteiger partial charge in [0.15, 0.2) is 0 Å². The Morgan fingerprint density at radius 3 is 3.08 bits per heavy atom. The molecule has 0 radical (unpaired) electrons. The van der Waals surface area contributed by atoms with E-state index in [-0.39, 0.29) is 11.9 Å². The van der Waals surface area contributed by atoms with E-state index in [0.29, 0.717) is 18.3 Å². The monoisotopic (exact) mass is 347 g/mol. The highest BCUT2D eigenvalue weighted by Crippen LogP contribution is 2.17. The quantitative estimate of drug-likeness (QED) is 0.871. The third-order valence-corrected chi connectivity index (χ3v) is 5.25. The van der Waals surface area contributed by atoms with E-state index in [2.05, 4.69) is 15.4 Å². The highest BCUT2D eigenvalue weighted by Gasteiger charge is 2.23. The minimum Gasteiger partial charge on any atom is -0.334 e. The number of thiazole rings is 1. The van der Waals surface area contributed by atoms with E-state index in [0.717, 1.165) is 37.4 Å². The normalized spacial score (nSPS) is 18.0. The molecule has 3 rings (SSSR count). The maximum Gasteiger partial charge on any atom is 0.274 e. The first-order chi connectivity index (χ1) is 11.6. The van der Waals surface area contributed by atoms with Gasteiger partial charge in [-0.1, -0.05) is 0 Å². The van der Waals surface area contributed by atoms with E-state index >= 15 is 0 Å². The highest BCUT2D eigenvalue weighted by molar-refractivity contribution is 7.09. The summed E-state index contributed by atoms with van der Waals surface area (Å²) in [4.78, 5) is 19.0. The van der Waals surface area contributed by atoms with E-state index in [9.17, 15) is 4.79 Å². The number of carbonyl (C=O) groups is 1. The predicted octanol–water partition coefficient (Wildman–Crippen LogP) is 2.36. The molecule has 1 atom stereocenters. The lowest BCUT2D eigenvalue weighted by Gasteiger charge is -2.26. The van der Waals surface area contributed by atoms with Crippen molar-refractivity contribution in [2.75, 3.05) is 19.6 Å². The van der Waals surface area contributed by atoms with Crippen LogP contribution in [0, 0.1) is 0 Å². The summed E-state index contributed by atoms with van der Waals surface area (Å²) >= 11 is 1.63. The van der Waals surface area contributed by atoms with Gasteiger partial charge < -0.3 is 10.2 Å². The van der Waals surface area contributed by atoms with Crippen LogP contribution in [-0.2, 0) is 6.42 Å². The van der Waals surface area contributed by atoms with Gasteiger partial charge in [0.2, 0.25) is 0 Å². The van der Waals surface area contributed by atoms with Gasteiger partial charge in [0, 0.05) is 43.3 Å². The molecule has 0 bridgehead atoms. The lowest BCUT2D eigenvalue weighted by atomic mass is 10.1. The van der Waals surface area contributed by atoms with E-state index in [1.807, 2.05) is 41.1 Å². The summed E-state index contributed by atoms with van der Waals surface area (Å²) in [5, 5.41) is 11.0. The predicted molar refractivity (Wildman–Crippen MR) is 95.4 cm³/mol. The van der Waals surface area contributed by atoms with Gasteiger partial charge in [0.1, 0.15) is 5.69 Å². The van der Waals surface area contributed by atoms with Crippen molar-refractivity contribution in [3.05, 3.63) is 34.5 Å². The number of amides is 1. The van der Waals surface area contributed by atoms with Crippen molar-refractivity contribution in [3.8, 4) is 0 Å². The molecule has 1 saturated heterocycles. The van der Waals surface area contributed by atoms with E-state index in [4.69, 9.17) is 0 Å². The maximum absolute atomic E-state index is 12.9. The van der Waals surface area contributed by atoms with Crippen LogP contribution in [0.1, 0.15) is 48.2 Å². The lowest BCUT2D eigenvalue weighted by molar-refractivity contribution is 0.0700. The fourth-order valence-electron chi connectivity index (χ4n) is 3.05. The second kappa shape index (κ2) is 7.90. The van der Waals surface area contributed by atoms with Gasteiger partial charge in [-0.25, -0.2) is 4.98 Å². The van der Waals surface area contributed by atoms with Crippen molar-refractivity contribution in [2.45, 2.75) is 45.2 Å². The van der Waals surface area contributed by atoms with Crippen molar-refractivity contribution >= 4 is 17.2 Å². The topological polar surface area (TPSA) is 63.1 Å². The minimum atomic E-state index is 0.00377. The highest BCUT2D eigenvalue weighted by atomic mass is 32.1. The SMILES string of the molecule is CC(C)N(CCc1nccs1)C(=O)c1ccn(C2CCCNC2)n1. The average molecular weight is 347 g/mol. The van der Waals surface area contributed by atoms with Crippen LogP contribution in [0.3, 0.4) is 0 Å². The Bertz CT molecular complexity index is 646. The van der Waals surface area contributed by atoms with Gasteiger partial charge in [-0.15, -0.1) is 11.3 Å². The third kappa shape index (κ3) is 4.02. The van der Waals surface area contributed by atoms with Gasteiger partial charge in [0.05, 0.1) is 11.0 Å². The number of aromatic nitrogens is 3. The molecule has 6 nitrogen and oxygen atoms in total. The summed E-state index contributed by atoms with van der Waals surface area (Å²) in [5.41, 5.74) is 0.536. The molecule has 1 amide bonds. The van der Waals surface area contributed by atoms with Crippen LogP contribution in [0.2, 0.25) is 0 Å². The van der Waals surface area contributed by atoms with Crippen LogP contribution in [-0.4, -0.2) is 51.2 Å². The van der Waals surface area contributed by atoms with Crippen molar-refractivity contribution < 1.29 is 4.79 Å². The minimum absolute atomic E-state index is 0.00377. The number of nitrogens with zero attached hydrogens (tertiary/aromatic N) is 4. The molecule has 1 N–H and O–H groups in total. The molecule has 7 heteroatoms. The van der Waals surface area contributed by atoms with E-state index in [1.165, 1.54) is 0 Å². The fraction of sp³-hybridized carbons (Fsp3) is 0.588. The number of hydrogen-bond acceptors (Lipinski definition) is 5. The Hall–Kier alpha value is -1.73. The Kier molecular flexibility index (Phi) is 5.63. The van der Waals surface area contributed by atoms with Gasteiger partial charge in [0.25, 0.3) is 5.91 Å². The summed E-state index contributed by atoms with van der Waals surface area (Å²) in [6.07, 6.45) is 6.79. The molecule has 2 aromatic rings. The van der Waals surface area contributed by atoms with Gasteiger partial charge in [-0.3, -0.25) is 9.48 Å². The zero-order valence-corrected chi connectivity index (χ0v) is 15.1. The Labute approximate surface area is 146 Å². The van der Waals surface area contributed by atoms with Crippen molar-refractivity contribution in [3.63, 3.8) is 0 Å². The third-order valence-electron chi connectivity index (χ3n) is 4.41. The van der Waals surface area contributed by atoms with Crippen LogP contribution in [0.15, 0.2) is 23.8 Å². The van der Waals surface area contributed by atoms with Crippen molar-refractivity contribution in [1.29, 1.82) is 0 Å². The first-order valence-corrected chi connectivity index (χ1v) is 9.48. The molecular weight excluding hydrogens is 322 g/mol.